The molecule has 10 heteroatoms. The predicted molar refractivity (Wildman–Crippen MR) is 283 cm³/mol. The first kappa shape index (κ1) is 40.7. The summed E-state index contributed by atoms with van der Waals surface area (Å²) in [6, 6.07) is 38.2. The summed E-state index contributed by atoms with van der Waals surface area (Å²) in [5, 5.41) is 4.64. The minimum absolute atomic E-state index is 0. The van der Waals surface area contributed by atoms with Crippen LogP contribution < -0.4 is 4.40 Å². The maximum Gasteiger partial charge on any atom is 0.216 e. The Morgan fingerprint density at radius 1 is 0.786 bits per heavy atom. The fraction of sp³-hybridized carbons (Fsp3) is 0.267. The molecule has 1 aliphatic rings. The number of aryl methyl sites for hydroxylation is 3. The first-order chi connectivity index (χ1) is 35.7. The van der Waals surface area contributed by atoms with Gasteiger partial charge in [0.15, 0.2) is 0 Å². The van der Waals surface area contributed by atoms with E-state index in [9.17, 15) is 4.39 Å². The van der Waals surface area contributed by atoms with Gasteiger partial charge in [-0.2, -0.15) is 0 Å². The van der Waals surface area contributed by atoms with Gasteiger partial charge in [0.05, 0.1) is 39.0 Å². The Morgan fingerprint density at radius 3 is 2.40 bits per heavy atom. The van der Waals surface area contributed by atoms with Crippen LogP contribution in [-0.2, 0) is 26.5 Å². The molecule has 0 amide bonds. The Bertz CT molecular complexity index is 4020. The number of furan rings is 2. The van der Waals surface area contributed by atoms with Crippen molar-refractivity contribution in [3.8, 4) is 28.3 Å². The zero-order chi connectivity index (χ0) is 52.7. The molecule has 7 nitrogen and oxygen atoms in total. The van der Waals surface area contributed by atoms with Crippen molar-refractivity contribution >= 4 is 83.6 Å². The van der Waals surface area contributed by atoms with Gasteiger partial charge in [-0.15, -0.1) is 18.2 Å². The van der Waals surface area contributed by atoms with Crippen LogP contribution in [0.3, 0.4) is 0 Å². The SMILES string of the molecule is [2H]C([2H])([2H])c1cc(F)c[c-]c1-c1cc(CC(C)C)[c]([Ge]([CH3])([CH3])[CH3])cn1.[2H]C([2H])([2H])c1ccc2c(ccc3nc(-c4[c-]ccc5c4oc4nc(C6CCCCC6)ccc45)n(-c4ccc(C)c5oc6ccccc6c45)c32)n1.[Ir]. The molecular weight excluding hydrogens is 1110 g/mol. The molecule has 1 aliphatic carbocycles. The molecule has 6 aromatic heterocycles. The molecule has 0 atom stereocenters. The normalized spacial score (nSPS) is 15.1. The van der Waals surface area contributed by atoms with Gasteiger partial charge < -0.3 is 13.4 Å². The maximum absolute atomic E-state index is 13.6. The predicted octanol–water partition coefficient (Wildman–Crippen LogP) is 15.6. The first-order valence-electron chi connectivity index (χ1n) is 26.9. The summed E-state index contributed by atoms with van der Waals surface area (Å²) in [5.41, 5.74) is 10.8. The average molecular weight is 1170 g/mol. The van der Waals surface area contributed by atoms with Gasteiger partial charge in [0.1, 0.15) is 11.2 Å². The minimum atomic E-state index is -2.41. The fourth-order valence-corrected chi connectivity index (χ4v) is 13.7. The monoisotopic (exact) mass is 1170 g/mol. The summed E-state index contributed by atoms with van der Waals surface area (Å²) < 4.78 is 77.2. The number of halogens is 1. The molecule has 0 aliphatic heterocycles. The van der Waals surface area contributed by atoms with Gasteiger partial charge in [-0.25, -0.2) is 4.98 Å². The molecule has 11 aromatic rings. The molecule has 0 N–H and O–H groups in total. The molecule has 6 heterocycles. The van der Waals surface area contributed by atoms with Gasteiger partial charge in [-0.05, 0) is 80.7 Å². The van der Waals surface area contributed by atoms with E-state index in [2.05, 4.69) is 95.0 Å². The van der Waals surface area contributed by atoms with Gasteiger partial charge >= 0.3 is 140 Å². The average Bonchev–Trinajstić information content (AvgIpc) is 4.21. The van der Waals surface area contributed by atoms with E-state index in [-0.39, 0.29) is 31.4 Å². The summed E-state index contributed by atoms with van der Waals surface area (Å²) >= 11 is -2.10. The largest absolute Gasteiger partial charge is 0.486 e. The van der Waals surface area contributed by atoms with Crippen LogP contribution in [0.1, 0.15) is 88.2 Å². The summed E-state index contributed by atoms with van der Waals surface area (Å²) in [6.45, 7) is 1.64. The van der Waals surface area contributed by atoms with Crippen LogP contribution in [0.5, 0.6) is 0 Å². The second kappa shape index (κ2) is 19.0. The molecule has 0 saturated heterocycles. The zero-order valence-electron chi connectivity index (χ0n) is 46.1. The third-order valence-electron chi connectivity index (χ3n) is 13.6. The summed E-state index contributed by atoms with van der Waals surface area (Å²) in [4.78, 5) is 19.5. The Hall–Kier alpha value is -6.00. The number of benzene rings is 5. The van der Waals surface area contributed by atoms with E-state index in [4.69, 9.17) is 27.0 Å². The van der Waals surface area contributed by atoms with Gasteiger partial charge in [0.25, 0.3) is 0 Å². The van der Waals surface area contributed by atoms with E-state index in [1.54, 1.807) is 6.07 Å². The molecule has 1 radical (unpaired) electrons. The number of rotatable bonds is 7. The molecule has 70 heavy (non-hydrogen) atoms. The van der Waals surface area contributed by atoms with Crippen molar-refractivity contribution < 1.29 is 41.6 Å². The second-order valence-electron chi connectivity index (χ2n) is 20.0. The van der Waals surface area contributed by atoms with Gasteiger partial charge in [-0.1, -0.05) is 54.5 Å². The van der Waals surface area contributed by atoms with E-state index >= 15 is 0 Å². The van der Waals surface area contributed by atoms with E-state index < -0.39 is 32.8 Å². The van der Waals surface area contributed by atoms with Crippen molar-refractivity contribution in [2.75, 3.05) is 0 Å². The fourth-order valence-electron chi connectivity index (χ4n) is 10.3. The molecule has 12 rings (SSSR count). The van der Waals surface area contributed by atoms with Crippen molar-refractivity contribution in [1.29, 1.82) is 0 Å². The zero-order valence-corrected chi connectivity index (χ0v) is 44.5. The van der Waals surface area contributed by atoms with E-state index in [1.807, 2.05) is 60.8 Å². The Morgan fingerprint density at radius 2 is 1.60 bits per heavy atom. The van der Waals surface area contributed by atoms with Crippen LogP contribution in [0.2, 0.25) is 17.3 Å². The summed E-state index contributed by atoms with van der Waals surface area (Å²) in [6.07, 6.45) is 8.89. The van der Waals surface area contributed by atoms with Crippen LogP contribution in [0.25, 0.3) is 94.3 Å². The van der Waals surface area contributed by atoms with Crippen LogP contribution in [0.15, 0.2) is 118 Å². The molecule has 0 bridgehead atoms. The summed E-state index contributed by atoms with van der Waals surface area (Å²) in [7, 11) is 0. The number of hydrogen-bond acceptors (Lipinski definition) is 6. The van der Waals surface area contributed by atoms with Crippen LogP contribution >= 0.6 is 0 Å². The number of imidazole rings is 1. The number of fused-ring (bicyclic) bond motifs is 9. The third kappa shape index (κ3) is 8.68. The van der Waals surface area contributed by atoms with Crippen molar-refractivity contribution in [3.05, 3.63) is 155 Å². The van der Waals surface area contributed by atoms with Gasteiger partial charge in [0, 0.05) is 57.7 Å². The maximum atomic E-state index is 13.6. The van der Waals surface area contributed by atoms with Crippen molar-refractivity contribution in [3.63, 3.8) is 0 Å². The number of para-hydroxylation sites is 1. The van der Waals surface area contributed by atoms with Crippen molar-refractivity contribution in [2.45, 2.75) is 96.2 Å². The third-order valence-corrected chi connectivity index (χ3v) is 17.9. The molecule has 355 valence electrons. The molecule has 0 unspecified atom stereocenters. The van der Waals surface area contributed by atoms with Crippen LogP contribution in [-0.4, -0.2) is 37.8 Å². The van der Waals surface area contributed by atoms with Crippen LogP contribution in [0, 0.1) is 44.5 Å². The van der Waals surface area contributed by atoms with Crippen LogP contribution in [0.4, 0.5) is 4.39 Å². The summed E-state index contributed by atoms with van der Waals surface area (Å²) in [5.74, 6) is 7.93. The second-order valence-corrected chi connectivity index (χ2v) is 30.5. The minimum Gasteiger partial charge on any atom is -0.486 e. The molecule has 1 fully saturated rings. The molecule has 5 aromatic carbocycles. The number of pyridine rings is 3. The van der Waals surface area contributed by atoms with Crippen molar-refractivity contribution in [1.82, 2.24) is 24.5 Å². The number of aromatic nitrogens is 5. The molecule has 0 spiro atoms. The standard InChI is InChI=1S/C41H31N4O2.C19H25FGeN.Ir/c1-23-15-22-34(36-29-11-6-7-14-35(29)46-38(23)36)45-37-28-17-16-24(2)42-32(28)20-21-33(37)43-40(45)30-13-8-12-26-27-18-19-31(25-9-4-3-5-10-25)44-41(27)47-39(26)30;1-13(2)9-15-11-19(22-12-18(15)21(4,5)6)17-8-7-16(20)10-14(17)3;/h6-8,11-12,14-22,25H,3-5,9-10H2,1-2H3;7,10-13H,9H2,1-6H3;/q2*-1;/i2D3;3D3;. The smallest absolute Gasteiger partial charge is 0.216 e. The first-order valence-corrected chi connectivity index (χ1v) is 31.3. The Labute approximate surface area is 433 Å². The molecular formula is C60H56FGeIrN5O2-2. The quantitative estimate of drug-likeness (QED) is 0.117. The van der Waals surface area contributed by atoms with Gasteiger partial charge in [-0.3, -0.25) is 9.97 Å². The topological polar surface area (TPSA) is 82.8 Å². The number of nitrogens with zero attached hydrogens (tertiary/aromatic N) is 5. The molecule has 1 saturated carbocycles. The van der Waals surface area contributed by atoms with E-state index in [0.717, 1.165) is 91.4 Å². The number of hydrogen-bond donors (Lipinski definition) is 0. The van der Waals surface area contributed by atoms with E-state index in [1.165, 1.54) is 35.3 Å². The Kier molecular flexibility index (Phi) is 11.0. The van der Waals surface area contributed by atoms with E-state index in [0.29, 0.717) is 51.3 Å². The Balaban J connectivity index is 0.000000215. The van der Waals surface area contributed by atoms with Crippen molar-refractivity contribution in [2.24, 2.45) is 5.92 Å². The van der Waals surface area contributed by atoms with Gasteiger partial charge in [0.2, 0.25) is 5.71 Å².